The van der Waals surface area contributed by atoms with Crippen LogP contribution in [0.5, 0.6) is 0 Å². The van der Waals surface area contributed by atoms with Crippen molar-refractivity contribution >= 4 is 5.82 Å². The molecule has 0 unspecified atom stereocenters. The second-order valence-electron chi connectivity index (χ2n) is 2.85. The number of nitrogens with zero attached hydrogens (tertiary/aromatic N) is 3. The van der Waals surface area contributed by atoms with Crippen LogP contribution in [0.15, 0.2) is 30.1 Å². The monoisotopic (exact) mass is 238 g/mol. The fourth-order valence-corrected chi connectivity index (χ4v) is 0.921. The van der Waals surface area contributed by atoms with E-state index in [0.717, 1.165) is 24.5 Å². The van der Waals surface area contributed by atoms with Crippen molar-refractivity contribution in [1.29, 1.82) is 10.5 Å². The van der Waals surface area contributed by atoms with Crippen LogP contribution in [0.25, 0.3) is 0 Å². The molecule has 0 radical (unpaired) electrons. The Morgan fingerprint density at radius 2 is 2.00 bits per heavy atom. The molecule has 0 amide bonds. The summed E-state index contributed by atoms with van der Waals surface area (Å²) in [6, 6.07) is 4.71. The minimum atomic E-state index is -4.46. The number of allylic oxidation sites excluding steroid dienone is 1. The molecular weight excluding hydrogens is 233 g/mol. The van der Waals surface area contributed by atoms with Gasteiger partial charge in [-0.2, -0.15) is 23.7 Å². The average Bonchev–Trinajstić information content (AvgIpc) is 2.30. The second-order valence-corrected chi connectivity index (χ2v) is 2.85. The molecule has 86 valence electrons. The molecule has 0 fully saturated rings. The van der Waals surface area contributed by atoms with Crippen LogP contribution in [0.2, 0.25) is 0 Å². The van der Waals surface area contributed by atoms with Crippen molar-refractivity contribution in [2.75, 3.05) is 5.32 Å². The molecule has 0 spiro atoms. The van der Waals surface area contributed by atoms with E-state index < -0.39 is 11.7 Å². The molecule has 0 atom stereocenters. The summed E-state index contributed by atoms with van der Waals surface area (Å²) in [4.78, 5) is 3.62. The van der Waals surface area contributed by atoms with E-state index in [1.54, 1.807) is 12.1 Å². The SMILES string of the molecule is N#CC(C#N)=CNc1cc(C(F)(F)F)ccn1. The van der Waals surface area contributed by atoms with Crippen LogP contribution in [-0.2, 0) is 6.18 Å². The Balaban J connectivity index is 2.93. The molecule has 0 aromatic carbocycles. The molecule has 0 aliphatic carbocycles. The molecular formula is C10H5F3N4. The first kappa shape index (κ1) is 12.5. The fourth-order valence-electron chi connectivity index (χ4n) is 0.921. The van der Waals surface area contributed by atoms with E-state index in [-0.39, 0.29) is 11.4 Å². The van der Waals surface area contributed by atoms with Crippen molar-refractivity contribution in [3.63, 3.8) is 0 Å². The van der Waals surface area contributed by atoms with Gasteiger partial charge in [-0.25, -0.2) is 4.98 Å². The van der Waals surface area contributed by atoms with Crippen molar-refractivity contribution in [2.24, 2.45) is 0 Å². The van der Waals surface area contributed by atoms with E-state index in [1.165, 1.54) is 0 Å². The smallest absolute Gasteiger partial charge is 0.345 e. The van der Waals surface area contributed by atoms with Crippen LogP contribution in [-0.4, -0.2) is 4.98 Å². The van der Waals surface area contributed by atoms with E-state index >= 15 is 0 Å². The largest absolute Gasteiger partial charge is 0.416 e. The summed E-state index contributed by atoms with van der Waals surface area (Å²) in [5.74, 6) is -0.0946. The molecule has 0 saturated carbocycles. The predicted octanol–water partition coefficient (Wildman–Crippen LogP) is 2.44. The summed E-state index contributed by atoms with van der Waals surface area (Å²) in [6.07, 6.45) is -2.49. The summed E-state index contributed by atoms with van der Waals surface area (Å²) in [7, 11) is 0. The Labute approximate surface area is 94.6 Å². The van der Waals surface area contributed by atoms with Gasteiger partial charge in [-0.15, -0.1) is 0 Å². The van der Waals surface area contributed by atoms with Gasteiger partial charge in [0.05, 0.1) is 5.56 Å². The van der Waals surface area contributed by atoms with Crippen LogP contribution in [0.4, 0.5) is 19.0 Å². The molecule has 0 bridgehead atoms. The lowest BCUT2D eigenvalue weighted by molar-refractivity contribution is -0.137. The first-order chi connectivity index (χ1) is 7.97. The number of aromatic nitrogens is 1. The minimum Gasteiger partial charge on any atom is -0.345 e. The first-order valence-electron chi connectivity index (χ1n) is 4.27. The van der Waals surface area contributed by atoms with Crippen molar-refractivity contribution < 1.29 is 13.2 Å². The molecule has 0 aliphatic rings. The van der Waals surface area contributed by atoms with E-state index in [9.17, 15) is 13.2 Å². The van der Waals surface area contributed by atoms with Gasteiger partial charge < -0.3 is 5.32 Å². The van der Waals surface area contributed by atoms with E-state index in [0.29, 0.717) is 0 Å². The maximum absolute atomic E-state index is 12.3. The number of nitriles is 2. The highest BCUT2D eigenvalue weighted by molar-refractivity contribution is 5.46. The number of hydrogen-bond acceptors (Lipinski definition) is 4. The van der Waals surface area contributed by atoms with Crippen LogP contribution in [0, 0.1) is 22.7 Å². The van der Waals surface area contributed by atoms with Crippen molar-refractivity contribution in [1.82, 2.24) is 4.98 Å². The molecule has 1 N–H and O–H groups in total. The van der Waals surface area contributed by atoms with Crippen molar-refractivity contribution in [3.8, 4) is 12.1 Å². The number of pyridine rings is 1. The first-order valence-corrected chi connectivity index (χ1v) is 4.27. The number of anilines is 1. The quantitative estimate of drug-likeness (QED) is 0.803. The molecule has 0 saturated heterocycles. The predicted molar refractivity (Wildman–Crippen MR) is 52.2 cm³/mol. The van der Waals surface area contributed by atoms with Crippen LogP contribution in [0.3, 0.4) is 0 Å². The molecule has 17 heavy (non-hydrogen) atoms. The maximum Gasteiger partial charge on any atom is 0.416 e. The van der Waals surface area contributed by atoms with Gasteiger partial charge in [0.2, 0.25) is 0 Å². The number of alkyl halides is 3. The fraction of sp³-hybridized carbons (Fsp3) is 0.100. The van der Waals surface area contributed by atoms with Gasteiger partial charge in [0.15, 0.2) is 0 Å². The second kappa shape index (κ2) is 4.99. The zero-order valence-electron chi connectivity index (χ0n) is 8.28. The van der Waals surface area contributed by atoms with Gasteiger partial charge in [0, 0.05) is 12.4 Å². The molecule has 1 heterocycles. The normalized spacial score (nSPS) is 9.94. The maximum atomic E-state index is 12.3. The number of hydrogen-bond donors (Lipinski definition) is 1. The van der Waals surface area contributed by atoms with Gasteiger partial charge in [-0.1, -0.05) is 0 Å². The van der Waals surface area contributed by atoms with Crippen LogP contribution in [0.1, 0.15) is 5.56 Å². The van der Waals surface area contributed by atoms with Gasteiger partial charge in [0.25, 0.3) is 0 Å². The highest BCUT2D eigenvalue weighted by Crippen LogP contribution is 2.29. The van der Waals surface area contributed by atoms with Crippen LogP contribution >= 0.6 is 0 Å². The van der Waals surface area contributed by atoms with Crippen molar-refractivity contribution in [3.05, 3.63) is 35.7 Å². The third-order valence-corrected chi connectivity index (χ3v) is 1.69. The topological polar surface area (TPSA) is 72.5 Å². The van der Waals surface area contributed by atoms with E-state index in [2.05, 4.69) is 10.3 Å². The highest BCUT2D eigenvalue weighted by atomic mass is 19.4. The Morgan fingerprint density at radius 1 is 1.35 bits per heavy atom. The third-order valence-electron chi connectivity index (χ3n) is 1.69. The Bertz CT molecular complexity index is 504. The number of halogens is 3. The molecule has 1 aromatic heterocycles. The average molecular weight is 238 g/mol. The Morgan fingerprint density at radius 3 is 2.53 bits per heavy atom. The molecule has 1 rings (SSSR count). The Kier molecular flexibility index (Phi) is 3.68. The zero-order chi connectivity index (χ0) is 12.9. The number of nitrogens with one attached hydrogen (secondary N) is 1. The van der Waals surface area contributed by atoms with Crippen molar-refractivity contribution in [2.45, 2.75) is 6.18 Å². The summed E-state index contributed by atoms with van der Waals surface area (Å²) in [5.41, 5.74) is -1.12. The van der Waals surface area contributed by atoms with E-state index in [1.807, 2.05) is 0 Å². The Hall–Kier alpha value is -2.54. The van der Waals surface area contributed by atoms with Crippen LogP contribution < -0.4 is 5.32 Å². The molecule has 4 nitrogen and oxygen atoms in total. The summed E-state index contributed by atoms with van der Waals surface area (Å²) in [5, 5.41) is 19.2. The zero-order valence-corrected chi connectivity index (χ0v) is 8.28. The van der Waals surface area contributed by atoms with Gasteiger partial charge >= 0.3 is 6.18 Å². The molecule has 0 aliphatic heterocycles. The van der Waals surface area contributed by atoms with Gasteiger partial charge in [-0.3, -0.25) is 0 Å². The lowest BCUT2D eigenvalue weighted by Gasteiger charge is -2.07. The summed E-state index contributed by atoms with van der Waals surface area (Å²) < 4.78 is 37.0. The summed E-state index contributed by atoms with van der Waals surface area (Å²) >= 11 is 0. The molecule has 1 aromatic rings. The minimum absolute atomic E-state index is 0.0946. The summed E-state index contributed by atoms with van der Waals surface area (Å²) in [6.45, 7) is 0. The lowest BCUT2D eigenvalue weighted by atomic mass is 10.2. The third kappa shape index (κ3) is 3.50. The van der Waals surface area contributed by atoms with Gasteiger partial charge in [0.1, 0.15) is 23.5 Å². The highest BCUT2D eigenvalue weighted by Gasteiger charge is 2.30. The standard InChI is InChI=1S/C10H5F3N4/c11-10(12,13)8-1-2-16-9(3-8)17-6-7(4-14)5-15/h1-3,6H,(H,16,17). The molecule has 7 heteroatoms. The number of rotatable bonds is 2. The lowest BCUT2D eigenvalue weighted by Crippen LogP contribution is -2.06. The van der Waals surface area contributed by atoms with E-state index in [4.69, 9.17) is 10.5 Å². The van der Waals surface area contributed by atoms with Gasteiger partial charge in [-0.05, 0) is 12.1 Å².